The highest BCUT2D eigenvalue weighted by Gasteiger charge is 2.38. The van der Waals surface area contributed by atoms with Gasteiger partial charge in [-0.1, -0.05) is 32.0 Å². The van der Waals surface area contributed by atoms with Crippen LogP contribution < -0.4 is 16.0 Å². The Labute approximate surface area is 228 Å². The van der Waals surface area contributed by atoms with Crippen LogP contribution >= 0.6 is 0 Å². The molecule has 0 bridgehead atoms. The number of nitrogen functional groups attached to an aromatic ring is 1. The number of carbonyl (C=O) groups is 1. The summed E-state index contributed by atoms with van der Waals surface area (Å²) in [4.78, 5) is 20.8. The average Bonchev–Trinajstić information content (AvgIpc) is 2.81. The molecule has 3 heterocycles. The molecule has 1 fully saturated rings. The van der Waals surface area contributed by atoms with E-state index in [0.717, 1.165) is 67.8 Å². The molecular formula is C31H46N4O3. The van der Waals surface area contributed by atoms with E-state index in [-0.39, 0.29) is 11.5 Å². The maximum atomic E-state index is 13.6. The van der Waals surface area contributed by atoms with E-state index in [2.05, 4.69) is 42.3 Å². The zero-order valence-corrected chi connectivity index (χ0v) is 24.5. The van der Waals surface area contributed by atoms with Crippen molar-refractivity contribution in [2.45, 2.75) is 99.0 Å². The summed E-state index contributed by atoms with van der Waals surface area (Å²) in [6, 6.07) is 6.59. The molecule has 1 unspecified atom stereocenters. The summed E-state index contributed by atoms with van der Waals surface area (Å²) in [5.74, 6) is 0.0809. The summed E-state index contributed by atoms with van der Waals surface area (Å²) in [7, 11) is 0. The number of fused-ring (bicyclic) bond motifs is 1. The van der Waals surface area contributed by atoms with Crippen molar-refractivity contribution in [1.29, 1.82) is 0 Å². The summed E-state index contributed by atoms with van der Waals surface area (Å²) in [5, 5.41) is 3.45. The Morgan fingerprint density at radius 3 is 2.47 bits per heavy atom. The van der Waals surface area contributed by atoms with Gasteiger partial charge in [-0.25, -0.2) is 9.78 Å². The molecule has 2 aromatic rings. The normalized spacial score (nSPS) is 18.3. The maximum absolute atomic E-state index is 13.6. The van der Waals surface area contributed by atoms with Crippen molar-refractivity contribution in [2.75, 3.05) is 30.3 Å². The highest BCUT2D eigenvalue weighted by molar-refractivity contribution is 5.92. The predicted octanol–water partition coefficient (Wildman–Crippen LogP) is 5.72. The van der Waals surface area contributed by atoms with Crippen LogP contribution in [0.5, 0.6) is 0 Å². The summed E-state index contributed by atoms with van der Waals surface area (Å²) >= 11 is 0. The van der Waals surface area contributed by atoms with E-state index in [9.17, 15) is 4.79 Å². The number of esters is 1. The largest absolute Gasteiger partial charge is 0.461 e. The van der Waals surface area contributed by atoms with Crippen LogP contribution in [0.15, 0.2) is 18.2 Å². The van der Waals surface area contributed by atoms with Gasteiger partial charge in [0.2, 0.25) is 0 Å². The van der Waals surface area contributed by atoms with Gasteiger partial charge in [-0.2, -0.15) is 0 Å². The molecule has 1 aromatic heterocycles. The van der Waals surface area contributed by atoms with Crippen molar-refractivity contribution in [1.82, 2.24) is 10.3 Å². The Kier molecular flexibility index (Phi) is 8.10. The average molecular weight is 523 g/mol. The number of hydrogen-bond donors (Lipinski definition) is 2. The number of nitrogens with one attached hydrogen (secondary N) is 1. The Hall–Kier alpha value is -2.64. The van der Waals surface area contributed by atoms with Gasteiger partial charge in [0.15, 0.2) is 6.10 Å². The lowest BCUT2D eigenvalue weighted by molar-refractivity contribution is -0.171. The van der Waals surface area contributed by atoms with Gasteiger partial charge >= 0.3 is 5.97 Å². The van der Waals surface area contributed by atoms with Crippen LogP contribution in [0, 0.1) is 12.3 Å². The van der Waals surface area contributed by atoms with E-state index in [1.165, 1.54) is 11.1 Å². The third kappa shape index (κ3) is 6.32. The number of pyridine rings is 1. The third-order valence-electron chi connectivity index (χ3n) is 7.54. The van der Waals surface area contributed by atoms with Crippen molar-refractivity contribution < 1.29 is 14.3 Å². The van der Waals surface area contributed by atoms with Gasteiger partial charge in [0, 0.05) is 36.5 Å². The second-order valence-corrected chi connectivity index (χ2v) is 12.9. The number of ether oxygens (including phenoxy) is 2. The van der Waals surface area contributed by atoms with E-state index in [4.69, 9.17) is 20.2 Å². The fraction of sp³-hybridized carbons (Fsp3) is 0.613. The number of nitrogens with two attached hydrogens (primary N) is 1. The van der Waals surface area contributed by atoms with Gasteiger partial charge in [0.1, 0.15) is 5.82 Å². The van der Waals surface area contributed by atoms with Gasteiger partial charge in [-0.3, -0.25) is 0 Å². The lowest BCUT2D eigenvalue weighted by atomic mass is 9.82. The molecular weight excluding hydrogens is 476 g/mol. The minimum atomic E-state index is -0.920. The number of aromatic nitrogens is 1. The van der Waals surface area contributed by atoms with Crippen LogP contribution in [0.4, 0.5) is 11.5 Å². The molecule has 0 spiro atoms. The van der Waals surface area contributed by atoms with Crippen LogP contribution in [0.3, 0.4) is 0 Å². The molecule has 0 radical (unpaired) electrons. The molecule has 1 aromatic carbocycles. The predicted molar refractivity (Wildman–Crippen MR) is 154 cm³/mol. The Morgan fingerprint density at radius 2 is 1.84 bits per heavy atom. The monoisotopic (exact) mass is 522 g/mol. The quantitative estimate of drug-likeness (QED) is 0.469. The summed E-state index contributed by atoms with van der Waals surface area (Å²) < 4.78 is 12.2. The molecule has 3 N–H and O–H groups in total. The first-order valence-electron chi connectivity index (χ1n) is 14.0. The summed E-state index contributed by atoms with van der Waals surface area (Å²) in [5.41, 5.74) is 13.4. The van der Waals surface area contributed by atoms with Crippen molar-refractivity contribution >= 4 is 17.5 Å². The van der Waals surface area contributed by atoms with Crippen LogP contribution in [-0.4, -0.2) is 42.3 Å². The first kappa shape index (κ1) is 28.4. The zero-order valence-electron chi connectivity index (χ0n) is 24.5. The molecule has 38 heavy (non-hydrogen) atoms. The number of benzene rings is 1. The van der Waals surface area contributed by atoms with Gasteiger partial charge in [-0.05, 0) is 89.5 Å². The Balaban J connectivity index is 1.96. The Bertz CT molecular complexity index is 1170. The third-order valence-corrected chi connectivity index (χ3v) is 7.54. The SMILES string of the molecule is Cc1nc(N)c(-c2ccc3c(c2)CCNC3)c(N2CCC(C)(C)CC2)c1C(OC(C)(C)C)C(=O)OC(C)C. The van der Waals surface area contributed by atoms with Gasteiger partial charge < -0.3 is 25.4 Å². The van der Waals surface area contributed by atoms with E-state index in [1.807, 2.05) is 41.5 Å². The number of aryl methyl sites for hydroxylation is 1. The standard InChI is InChI=1S/C31H46N4O3/c1-19(2)37-29(36)27(38-30(4,5)6)24-20(3)34-28(32)25(26(24)35-15-12-31(7,8)13-16-35)22-9-10-23-18-33-14-11-21(23)17-22/h9-10,17,19,27,33H,11-16,18H2,1-8H3,(H2,32,34). The van der Waals surface area contributed by atoms with E-state index in [0.29, 0.717) is 11.5 Å². The number of carbonyl (C=O) groups excluding carboxylic acids is 1. The van der Waals surface area contributed by atoms with Gasteiger partial charge in [-0.15, -0.1) is 0 Å². The second kappa shape index (κ2) is 10.9. The van der Waals surface area contributed by atoms with E-state index < -0.39 is 17.7 Å². The number of hydrogen-bond acceptors (Lipinski definition) is 7. The van der Waals surface area contributed by atoms with Crippen molar-refractivity contribution in [3.05, 3.63) is 40.6 Å². The zero-order chi connectivity index (χ0) is 27.8. The Morgan fingerprint density at radius 1 is 1.16 bits per heavy atom. The molecule has 208 valence electrons. The van der Waals surface area contributed by atoms with Gasteiger partial charge in [0.25, 0.3) is 0 Å². The van der Waals surface area contributed by atoms with E-state index >= 15 is 0 Å². The number of rotatable bonds is 6. The van der Waals surface area contributed by atoms with Crippen molar-refractivity contribution in [2.24, 2.45) is 5.41 Å². The first-order valence-corrected chi connectivity index (χ1v) is 14.0. The number of nitrogens with zero attached hydrogens (tertiary/aromatic N) is 2. The lowest BCUT2D eigenvalue weighted by Gasteiger charge is -2.41. The fourth-order valence-electron chi connectivity index (χ4n) is 5.49. The summed E-state index contributed by atoms with van der Waals surface area (Å²) in [6.45, 7) is 19.7. The topological polar surface area (TPSA) is 89.7 Å². The molecule has 0 aliphatic carbocycles. The van der Waals surface area contributed by atoms with Crippen LogP contribution in [0.2, 0.25) is 0 Å². The molecule has 7 nitrogen and oxygen atoms in total. The second-order valence-electron chi connectivity index (χ2n) is 12.9. The lowest BCUT2D eigenvalue weighted by Crippen LogP contribution is -2.39. The smallest absolute Gasteiger partial charge is 0.340 e. The number of anilines is 2. The molecule has 4 rings (SSSR count). The van der Waals surface area contributed by atoms with Crippen LogP contribution in [0.25, 0.3) is 11.1 Å². The molecule has 2 aliphatic heterocycles. The maximum Gasteiger partial charge on any atom is 0.340 e. The first-order chi connectivity index (χ1) is 17.8. The van der Waals surface area contributed by atoms with E-state index in [1.54, 1.807) is 0 Å². The molecule has 2 aliphatic rings. The molecule has 0 saturated carbocycles. The molecule has 1 atom stereocenters. The molecule has 7 heteroatoms. The molecule has 0 amide bonds. The van der Waals surface area contributed by atoms with Gasteiger partial charge in [0.05, 0.1) is 17.4 Å². The number of piperidine rings is 1. The highest BCUT2D eigenvalue weighted by atomic mass is 16.6. The van der Waals surface area contributed by atoms with Crippen LogP contribution in [-0.2, 0) is 27.2 Å². The minimum Gasteiger partial charge on any atom is -0.461 e. The van der Waals surface area contributed by atoms with Crippen molar-refractivity contribution in [3.63, 3.8) is 0 Å². The summed E-state index contributed by atoms with van der Waals surface area (Å²) in [6.07, 6.45) is 1.88. The highest BCUT2D eigenvalue weighted by Crippen LogP contribution is 2.46. The minimum absolute atomic E-state index is 0.261. The van der Waals surface area contributed by atoms with Crippen molar-refractivity contribution in [3.8, 4) is 11.1 Å². The molecule has 1 saturated heterocycles. The van der Waals surface area contributed by atoms with Crippen LogP contribution in [0.1, 0.15) is 89.8 Å². The fourth-order valence-corrected chi connectivity index (χ4v) is 5.49.